The number of fused-ring (bicyclic) bond motifs is 1. The topological polar surface area (TPSA) is 102 Å². The van der Waals surface area contributed by atoms with Gasteiger partial charge < -0.3 is 10.6 Å². The number of thiocarbonyl (C=S) groups is 1. The lowest BCUT2D eigenvalue weighted by molar-refractivity contribution is 0.598. The van der Waals surface area contributed by atoms with Crippen molar-refractivity contribution >= 4 is 49.5 Å². The molecule has 0 saturated heterocycles. The Morgan fingerprint density at radius 3 is 2.43 bits per heavy atom. The van der Waals surface area contributed by atoms with E-state index >= 15 is 0 Å². The molecular weight excluding hydrogens is 418 g/mol. The molecule has 0 amide bonds. The van der Waals surface area contributed by atoms with E-state index in [1.165, 1.54) is 28.5 Å². The average Bonchev–Trinajstić information content (AvgIpc) is 3.14. The summed E-state index contributed by atoms with van der Waals surface area (Å²) in [5, 5.41) is 18.3. The Kier molecular flexibility index (Phi) is 5.49. The molecular formula is C21H19N5O2S2. The van der Waals surface area contributed by atoms with Gasteiger partial charge in [0.25, 0.3) is 0 Å². The second-order valence-electron chi connectivity index (χ2n) is 6.71. The van der Waals surface area contributed by atoms with Crippen LogP contribution in [0.15, 0.2) is 84.0 Å². The molecule has 0 aliphatic carbocycles. The summed E-state index contributed by atoms with van der Waals surface area (Å²) in [6.07, 6.45) is 3.57. The largest absolute Gasteiger partial charge is 0.332 e. The molecule has 0 aliphatic heterocycles. The molecule has 0 atom stereocenters. The number of anilines is 2. The van der Waals surface area contributed by atoms with Crippen LogP contribution >= 0.6 is 12.2 Å². The molecule has 0 fully saturated rings. The maximum Gasteiger partial charge on any atom is 0.238 e. The molecule has 0 radical (unpaired) electrons. The fraction of sp³-hybridized carbons (Fsp3) is 0.0476. The Morgan fingerprint density at radius 1 is 0.967 bits per heavy atom. The lowest BCUT2D eigenvalue weighted by Gasteiger charge is -2.09. The Hall–Kier alpha value is -3.27. The third kappa shape index (κ3) is 4.65. The van der Waals surface area contributed by atoms with E-state index in [-0.39, 0.29) is 4.90 Å². The van der Waals surface area contributed by atoms with Gasteiger partial charge in [-0.15, -0.1) is 0 Å². The van der Waals surface area contributed by atoms with Crippen molar-refractivity contribution in [2.24, 2.45) is 5.14 Å². The van der Waals surface area contributed by atoms with Crippen LogP contribution in [0.1, 0.15) is 5.56 Å². The van der Waals surface area contributed by atoms with E-state index in [1.54, 1.807) is 18.3 Å². The first kappa shape index (κ1) is 20.0. The number of primary sulfonamides is 1. The highest BCUT2D eigenvalue weighted by Gasteiger charge is 2.08. The van der Waals surface area contributed by atoms with Crippen LogP contribution in [0.2, 0.25) is 0 Å². The van der Waals surface area contributed by atoms with Gasteiger partial charge in [0, 0.05) is 11.9 Å². The lowest BCUT2D eigenvalue weighted by atomic mass is 10.0. The highest BCUT2D eigenvalue weighted by atomic mass is 32.2. The van der Waals surface area contributed by atoms with Gasteiger partial charge in [-0.3, -0.25) is 4.68 Å². The first-order chi connectivity index (χ1) is 14.4. The van der Waals surface area contributed by atoms with Crippen LogP contribution in [0.5, 0.6) is 0 Å². The summed E-state index contributed by atoms with van der Waals surface area (Å²) in [6.45, 7) is 0.637. The lowest BCUT2D eigenvalue weighted by Crippen LogP contribution is -2.19. The van der Waals surface area contributed by atoms with Gasteiger partial charge in [-0.1, -0.05) is 42.5 Å². The Bertz CT molecular complexity index is 1310. The van der Waals surface area contributed by atoms with E-state index in [1.807, 2.05) is 29.1 Å². The maximum atomic E-state index is 11.3. The molecule has 4 rings (SSSR count). The number of hydrogen-bond acceptors (Lipinski definition) is 4. The van der Waals surface area contributed by atoms with Gasteiger partial charge in [-0.2, -0.15) is 5.10 Å². The molecule has 1 heterocycles. The second kappa shape index (κ2) is 8.23. The van der Waals surface area contributed by atoms with Gasteiger partial charge >= 0.3 is 0 Å². The Labute approximate surface area is 179 Å². The number of nitrogens with zero attached hydrogens (tertiary/aromatic N) is 2. The molecule has 0 spiro atoms. The summed E-state index contributed by atoms with van der Waals surface area (Å²) < 4.78 is 24.5. The summed E-state index contributed by atoms with van der Waals surface area (Å²) in [5.74, 6) is 0. The number of nitrogens with one attached hydrogen (secondary N) is 2. The van der Waals surface area contributed by atoms with Crippen LogP contribution in [0.4, 0.5) is 11.4 Å². The second-order valence-corrected chi connectivity index (χ2v) is 8.68. The van der Waals surface area contributed by atoms with E-state index in [4.69, 9.17) is 17.4 Å². The standard InChI is InChI=1S/C21H19N5O2S2/c22-30(27,28)19-10-8-17(9-11-19)24-21(29)25-18-12-23-26(14-18)13-16-6-3-5-15-4-1-2-7-20(15)16/h1-12,14H,13H2,(H2,22,27,28)(H2,24,25,29). The van der Waals surface area contributed by atoms with E-state index in [2.05, 4.69) is 40.0 Å². The van der Waals surface area contributed by atoms with Crippen LogP contribution in [0.3, 0.4) is 0 Å². The molecule has 0 saturated carbocycles. The number of sulfonamides is 1. The molecule has 3 aromatic carbocycles. The molecule has 0 aliphatic rings. The molecule has 0 bridgehead atoms. The maximum absolute atomic E-state index is 11.3. The van der Waals surface area contributed by atoms with Crippen molar-refractivity contribution in [1.29, 1.82) is 0 Å². The monoisotopic (exact) mass is 437 g/mol. The summed E-state index contributed by atoms with van der Waals surface area (Å²) in [6, 6.07) is 20.5. The van der Waals surface area contributed by atoms with E-state index in [0.29, 0.717) is 17.3 Å². The van der Waals surface area contributed by atoms with Crippen LogP contribution in [0, 0.1) is 0 Å². The van der Waals surface area contributed by atoms with Crippen molar-refractivity contribution in [1.82, 2.24) is 9.78 Å². The minimum Gasteiger partial charge on any atom is -0.332 e. The molecule has 152 valence electrons. The van der Waals surface area contributed by atoms with Gasteiger partial charge in [0.2, 0.25) is 10.0 Å². The molecule has 1 aromatic heterocycles. The molecule has 30 heavy (non-hydrogen) atoms. The number of benzene rings is 3. The number of hydrogen-bond donors (Lipinski definition) is 3. The van der Waals surface area contributed by atoms with Gasteiger partial charge in [0.05, 0.1) is 23.3 Å². The molecule has 4 N–H and O–H groups in total. The van der Waals surface area contributed by atoms with Crippen LogP contribution < -0.4 is 15.8 Å². The third-order valence-corrected chi connectivity index (χ3v) is 5.68. The zero-order valence-corrected chi connectivity index (χ0v) is 17.5. The van der Waals surface area contributed by atoms with Gasteiger partial charge in [0.15, 0.2) is 5.11 Å². The smallest absolute Gasteiger partial charge is 0.238 e. The first-order valence-corrected chi connectivity index (χ1v) is 11.0. The first-order valence-electron chi connectivity index (χ1n) is 9.08. The minimum atomic E-state index is -3.72. The van der Waals surface area contributed by atoms with Crippen LogP contribution in [-0.2, 0) is 16.6 Å². The minimum absolute atomic E-state index is 0.0432. The molecule has 9 heteroatoms. The van der Waals surface area contributed by atoms with E-state index in [0.717, 1.165) is 5.69 Å². The quantitative estimate of drug-likeness (QED) is 0.413. The van der Waals surface area contributed by atoms with Gasteiger partial charge in [-0.25, -0.2) is 13.6 Å². The average molecular weight is 438 g/mol. The van der Waals surface area contributed by atoms with Gasteiger partial charge in [-0.05, 0) is 52.8 Å². The predicted molar refractivity (Wildman–Crippen MR) is 123 cm³/mol. The summed E-state index contributed by atoms with van der Waals surface area (Å²) >= 11 is 5.32. The van der Waals surface area contributed by atoms with Gasteiger partial charge in [0.1, 0.15) is 0 Å². The Balaban J connectivity index is 1.41. The van der Waals surface area contributed by atoms with Crippen molar-refractivity contribution in [2.75, 3.05) is 10.6 Å². The number of rotatable bonds is 5. The number of aromatic nitrogens is 2. The van der Waals surface area contributed by atoms with E-state index < -0.39 is 10.0 Å². The van der Waals surface area contributed by atoms with Crippen LogP contribution in [0.25, 0.3) is 10.8 Å². The third-order valence-electron chi connectivity index (χ3n) is 4.54. The van der Waals surface area contributed by atoms with Crippen LogP contribution in [-0.4, -0.2) is 23.3 Å². The summed E-state index contributed by atoms with van der Waals surface area (Å²) in [7, 11) is -3.72. The highest BCUT2D eigenvalue weighted by molar-refractivity contribution is 7.89. The zero-order chi connectivity index (χ0) is 21.1. The zero-order valence-electron chi connectivity index (χ0n) is 15.8. The van der Waals surface area contributed by atoms with E-state index in [9.17, 15) is 8.42 Å². The predicted octanol–water partition coefficient (Wildman–Crippen LogP) is 3.54. The summed E-state index contributed by atoms with van der Waals surface area (Å²) in [5.41, 5.74) is 2.57. The Morgan fingerprint density at radius 2 is 1.67 bits per heavy atom. The summed E-state index contributed by atoms with van der Waals surface area (Å²) in [4.78, 5) is 0.0432. The normalized spacial score (nSPS) is 11.4. The van der Waals surface area contributed by atoms with Crippen molar-refractivity contribution in [3.8, 4) is 0 Å². The molecule has 7 nitrogen and oxygen atoms in total. The fourth-order valence-electron chi connectivity index (χ4n) is 3.14. The highest BCUT2D eigenvalue weighted by Crippen LogP contribution is 2.20. The van der Waals surface area contributed by atoms with Crippen molar-refractivity contribution in [3.05, 3.63) is 84.7 Å². The van der Waals surface area contributed by atoms with Crippen molar-refractivity contribution in [3.63, 3.8) is 0 Å². The molecule has 4 aromatic rings. The van der Waals surface area contributed by atoms with Crippen molar-refractivity contribution < 1.29 is 8.42 Å². The van der Waals surface area contributed by atoms with Crippen molar-refractivity contribution in [2.45, 2.75) is 11.4 Å². The molecule has 0 unspecified atom stereocenters. The SMILES string of the molecule is NS(=O)(=O)c1ccc(NC(=S)Nc2cnn(Cc3cccc4ccccc34)c2)cc1. The fourth-order valence-corrected chi connectivity index (χ4v) is 3.89. The number of nitrogens with two attached hydrogens (primary N) is 1.